The zero-order valence-corrected chi connectivity index (χ0v) is 13.3. The van der Waals surface area contributed by atoms with Gasteiger partial charge in [0.15, 0.2) is 0 Å². The van der Waals surface area contributed by atoms with Crippen molar-refractivity contribution in [2.45, 2.75) is 46.2 Å². The summed E-state index contributed by atoms with van der Waals surface area (Å²) in [7, 11) is 0. The molecular weight excluding hydrogens is 278 g/mol. The van der Waals surface area contributed by atoms with Crippen LogP contribution in [0.15, 0.2) is 18.6 Å². The van der Waals surface area contributed by atoms with E-state index >= 15 is 0 Å². The second-order valence-corrected chi connectivity index (χ2v) is 5.93. The van der Waals surface area contributed by atoms with E-state index in [-0.39, 0.29) is 11.9 Å². The lowest BCUT2D eigenvalue weighted by Crippen LogP contribution is -2.39. The van der Waals surface area contributed by atoms with Crippen molar-refractivity contribution in [3.63, 3.8) is 0 Å². The van der Waals surface area contributed by atoms with Crippen LogP contribution in [0.1, 0.15) is 40.3 Å². The molecule has 2 aromatic heterocycles. The van der Waals surface area contributed by atoms with Gasteiger partial charge in [-0.1, -0.05) is 0 Å². The van der Waals surface area contributed by atoms with Crippen molar-refractivity contribution in [1.82, 2.24) is 24.6 Å². The van der Waals surface area contributed by atoms with Gasteiger partial charge in [0.25, 0.3) is 5.91 Å². The van der Waals surface area contributed by atoms with E-state index in [1.807, 2.05) is 23.4 Å². The van der Waals surface area contributed by atoms with Gasteiger partial charge in [0, 0.05) is 18.4 Å². The molecule has 1 aliphatic rings. The largest absolute Gasteiger partial charge is 0.334 e. The van der Waals surface area contributed by atoms with Crippen LogP contribution in [-0.2, 0) is 6.54 Å². The van der Waals surface area contributed by atoms with Gasteiger partial charge in [0.05, 0.1) is 29.5 Å². The third-order valence-electron chi connectivity index (χ3n) is 4.27. The van der Waals surface area contributed by atoms with E-state index in [1.165, 1.54) is 6.33 Å². The van der Waals surface area contributed by atoms with E-state index in [1.54, 1.807) is 6.20 Å². The molecule has 0 saturated carbocycles. The van der Waals surface area contributed by atoms with Gasteiger partial charge in [0.2, 0.25) is 0 Å². The molecule has 1 saturated heterocycles. The molecular formula is C16H21N5O. The Bertz CT molecular complexity index is 694. The minimum Gasteiger partial charge on any atom is -0.334 e. The fraction of sp³-hybridized carbons (Fsp3) is 0.500. The first-order chi connectivity index (χ1) is 10.6. The average molecular weight is 299 g/mol. The molecule has 6 nitrogen and oxygen atoms in total. The smallest absolute Gasteiger partial charge is 0.257 e. The van der Waals surface area contributed by atoms with Crippen LogP contribution < -0.4 is 0 Å². The highest BCUT2D eigenvalue weighted by Crippen LogP contribution is 2.22. The van der Waals surface area contributed by atoms with E-state index in [9.17, 15) is 4.79 Å². The second kappa shape index (κ2) is 5.87. The highest BCUT2D eigenvalue weighted by Gasteiger charge is 2.31. The highest BCUT2D eigenvalue weighted by atomic mass is 16.2. The number of hydrogen-bond acceptors (Lipinski definition) is 4. The molecule has 0 aromatic carbocycles. The molecule has 0 aliphatic carbocycles. The molecule has 1 atom stereocenters. The molecule has 0 unspecified atom stereocenters. The summed E-state index contributed by atoms with van der Waals surface area (Å²) in [5, 5.41) is 4.51. The number of carbonyl (C=O) groups is 1. The summed E-state index contributed by atoms with van der Waals surface area (Å²) in [5.74, 6) is 0.0298. The molecule has 0 bridgehead atoms. The van der Waals surface area contributed by atoms with Gasteiger partial charge in [-0.2, -0.15) is 5.10 Å². The molecule has 116 valence electrons. The summed E-state index contributed by atoms with van der Waals surface area (Å²) in [6, 6.07) is 2.25. The normalized spacial score (nSPS) is 18.0. The van der Waals surface area contributed by atoms with Crippen LogP contribution in [0.5, 0.6) is 0 Å². The van der Waals surface area contributed by atoms with Crippen molar-refractivity contribution >= 4 is 5.91 Å². The molecule has 6 heteroatoms. The quantitative estimate of drug-likeness (QED) is 0.868. The molecule has 0 spiro atoms. The minimum atomic E-state index is 0.0298. The van der Waals surface area contributed by atoms with E-state index in [0.29, 0.717) is 5.56 Å². The van der Waals surface area contributed by atoms with Gasteiger partial charge in [-0.3, -0.25) is 9.48 Å². The number of nitrogens with zero attached hydrogens (tertiary/aromatic N) is 5. The standard InChI is InChI=1S/C16H21N5O/c1-11-7-12(2)21(19-11)9-14-5-4-6-20(14)16(22)15-8-17-10-18-13(15)3/h7-8,10,14H,4-6,9H2,1-3H3/t14-/m0/s1. The Hall–Kier alpha value is -2.24. The van der Waals surface area contributed by atoms with Crippen LogP contribution in [0, 0.1) is 20.8 Å². The molecule has 1 fully saturated rings. The van der Waals surface area contributed by atoms with E-state index in [4.69, 9.17) is 0 Å². The first-order valence-electron chi connectivity index (χ1n) is 7.65. The molecule has 3 heterocycles. The molecule has 1 amide bonds. The number of likely N-dealkylation sites (tertiary alicyclic amines) is 1. The van der Waals surface area contributed by atoms with E-state index in [2.05, 4.69) is 28.1 Å². The Morgan fingerprint density at radius 1 is 1.36 bits per heavy atom. The Morgan fingerprint density at radius 3 is 2.86 bits per heavy atom. The number of aromatic nitrogens is 4. The number of rotatable bonds is 3. The lowest BCUT2D eigenvalue weighted by atomic mass is 10.2. The third kappa shape index (κ3) is 2.73. The number of amides is 1. The topological polar surface area (TPSA) is 63.9 Å². The van der Waals surface area contributed by atoms with Gasteiger partial charge < -0.3 is 4.90 Å². The van der Waals surface area contributed by atoms with Gasteiger partial charge in [0.1, 0.15) is 6.33 Å². The predicted molar refractivity (Wildman–Crippen MR) is 82.5 cm³/mol. The predicted octanol–water partition coefficient (Wildman–Crippen LogP) is 1.90. The van der Waals surface area contributed by atoms with E-state index in [0.717, 1.165) is 43.0 Å². The number of hydrogen-bond donors (Lipinski definition) is 0. The SMILES string of the molecule is Cc1cc(C)n(C[C@@H]2CCCN2C(=O)c2cncnc2C)n1. The first kappa shape index (κ1) is 14.7. The van der Waals surface area contributed by atoms with Gasteiger partial charge in [-0.15, -0.1) is 0 Å². The monoisotopic (exact) mass is 299 g/mol. The molecule has 0 radical (unpaired) electrons. The minimum absolute atomic E-state index is 0.0298. The van der Waals surface area contributed by atoms with Crippen molar-refractivity contribution in [1.29, 1.82) is 0 Å². The lowest BCUT2D eigenvalue weighted by Gasteiger charge is -2.25. The molecule has 0 N–H and O–H groups in total. The fourth-order valence-corrected chi connectivity index (χ4v) is 3.11. The van der Waals surface area contributed by atoms with Crippen LogP contribution in [0.4, 0.5) is 0 Å². The maximum atomic E-state index is 12.8. The van der Waals surface area contributed by atoms with Crippen molar-refractivity contribution in [3.8, 4) is 0 Å². The van der Waals surface area contributed by atoms with Crippen LogP contribution in [0.3, 0.4) is 0 Å². The molecule has 22 heavy (non-hydrogen) atoms. The Balaban J connectivity index is 1.80. The zero-order valence-electron chi connectivity index (χ0n) is 13.3. The van der Waals surface area contributed by atoms with Gasteiger partial charge >= 0.3 is 0 Å². The first-order valence-corrected chi connectivity index (χ1v) is 7.65. The lowest BCUT2D eigenvalue weighted by molar-refractivity contribution is 0.0719. The van der Waals surface area contributed by atoms with Crippen molar-refractivity contribution in [2.24, 2.45) is 0 Å². The van der Waals surface area contributed by atoms with Crippen LogP contribution in [0.2, 0.25) is 0 Å². The third-order valence-corrected chi connectivity index (χ3v) is 4.27. The Labute approximate surface area is 130 Å². The molecule has 3 rings (SSSR count). The summed E-state index contributed by atoms with van der Waals surface area (Å²) in [5.41, 5.74) is 3.48. The van der Waals surface area contributed by atoms with Gasteiger partial charge in [-0.25, -0.2) is 9.97 Å². The Kier molecular flexibility index (Phi) is 3.92. The average Bonchev–Trinajstić information content (AvgIpc) is 3.06. The van der Waals surface area contributed by atoms with E-state index < -0.39 is 0 Å². The maximum absolute atomic E-state index is 12.8. The van der Waals surface area contributed by atoms with Crippen molar-refractivity contribution < 1.29 is 4.79 Å². The highest BCUT2D eigenvalue weighted by molar-refractivity contribution is 5.95. The van der Waals surface area contributed by atoms with Crippen molar-refractivity contribution in [2.75, 3.05) is 6.54 Å². The summed E-state index contributed by atoms with van der Waals surface area (Å²) in [6.07, 6.45) is 5.13. The Morgan fingerprint density at radius 2 is 2.18 bits per heavy atom. The second-order valence-electron chi connectivity index (χ2n) is 5.93. The number of aryl methyl sites for hydroxylation is 3. The van der Waals surface area contributed by atoms with Gasteiger partial charge in [-0.05, 0) is 39.7 Å². The summed E-state index contributed by atoms with van der Waals surface area (Å²) in [6.45, 7) is 7.43. The molecule has 1 aliphatic heterocycles. The van der Waals surface area contributed by atoms with Crippen LogP contribution in [-0.4, -0.2) is 43.1 Å². The van der Waals surface area contributed by atoms with Crippen LogP contribution >= 0.6 is 0 Å². The number of carbonyl (C=O) groups excluding carboxylic acids is 1. The maximum Gasteiger partial charge on any atom is 0.257 e. The molecule has 2 aromatic rings. The van der Waals surface area contributed by atoms with Crippen LogP contribution in [0.25, 0.3) is 0 Å². The summed E-state index contributed by atoms with van der Waals surface area (Å²) >= 11 is 0. The summed E-state index contributed by atoms with van der Waals surface area (Å²) in [4.78, 5) is 22.8. The van der Waals surface area contributed by atoms with Crippen molar-refractivity contribution in [3.05, 3.63) is 41.2 Å². The zero-order chi connectivity index (χ0) is 15.7. The summed E-state index contributed by atoms with van der Waals surface area (Å²) < 4.78 is 2.00. The fourth-order valence-electron chi connectivity index (χ4n) is 3.11.